The number of hydrogen-bond acceptors (Lipinski definition) is 5. The van der Waals surface area contributed by atoms with Gasteiger partial charge in [0.05, 0.1) is 16.7 Å². The van der Waals surface area contributed by atoms with Crippen LogP contribution < -0.4 is 4.74 Å². The lowest BCUT2D eigenvalue weighted by Crippen LogP contribution is -2.31. The van der Waals surface area contributed by atoms with Crippen molar-refractivity contribution in [3.63, 3.8) is 0 Å². The second-order valence-corrected chi connectivity index (χ2v) is 7.51. The fourth-order valence-electron chi connectivity index (χ4n) is 3.09. The summed E-state index contributed by atoms with van der Waals surface area (Å²) in [5.74, 6) is -0.127. The Bertz CT molecular complexity index is 935. The second kappa shape index (κ2) is 8.90. The third kappa shape index (κ3) is 4.83. The van der Waals surface area contributed by atoms with Gasteiger partial charge in [-0.3, -0.25) is 14.5 Å². The summed E-state index contributed by atoms with van der Waals surface area (Å²) in [6.07, 6.45) is 0.737. The van der Waals surface area contributed by atoms with Gasteiger partial charge in [-0.05, 0) is 55.2 Å². The molecule has 0 N–H and O–H groups in total. The number of fused-ring (bicyclic) bond motifs is 1. The van der Waals surface area contributed by atoms with Crippen LogP contribution in [-0.2, 0) is 4.74 Å². The summed E-state index contributed by atoms with van der Waals surface area (Å²) >= 11 is 0. The summed E-state index contributed by atoms with van der Waals surface area (Å²) in [6.45, 7) is 6.72. The first kappa shape index (κ1) is 20.6. The van der Waals surface area contributed by atoms with E-state index in [9.17, 15) is 14.4 Å². The van der Waals surface area contributed by atoms with Crippen molar-refractivity contribution in [3.8, 4) is 5.75 Å². The van der Waals surface area contributed by atoms with Gasteiger partial charge in [0.25, 0.3) is 11.8 Å². The highest BCUT2D eigenvalue weighted by Crippen LogP contribution is 2.25. The molecular weight excluding hydrogens is 370 g/mol. The van der Waals surface area contributed by atoms with Crippen molar-refractivity contribution in [2.45, 2.75) is 27.2 Å². The average Bonchev–Trinajstić information content (AvgIpc) is 2.93. The molecule has 0 aromatic heterocycles. The quantitative estimate of drug-likeness (QED) is 0.385. The van der Waals surface area contributed by atoms with Crippen molar-refractivity contribution in [1.82, 2.24) is 4.90 Å². The fraction of sp³-hybridized carbons (Fsp3) is 0.348. The van der Waals surface area contributed by atoms with Gasteiger partial charge >= 0.3 is 5.97 Å². The molecule has 6 heteroatoms. The van der Waals surface area contributed by atoms with E-state index in [1.165, 1.54) is 23.1 Å². The number of esters is 1. The minimum Gasteiger partial charge on any atom is -0.490 e. The number of rotatable bonds is 8. The lowest BCUT2D eigenvalue weighted by molar-refractivity contribution is 0.0450. The average molecular weight is 395 g/mol. The highest BCUT2D eigenvalue weighted by atomic mass is 16.6. The molecule has 2 aromatic rings. The Balaban J connectivity index is 1.58. The van der Waals surface area contributed by atoms with Gasteiger partial charge in [0.1, 0.15) is 19.0 Å². The van der Waals surface area contributed by atoms with Crippen LogP contribution in [0.4, 0.5) is 0 Å². The molecule has 0 aliphatic carbocycles. The standard InChI is InChI=1S/C23H25NO5/c1-15(2)9-10-24-21(25)19-8-7-17(14-20(19)22(24)26)23(27)29-12-11-28-18-6-4-5-16(3)13-18/h4-8,13-15H,9-12H2,1-3H3. The smallest absolute Gasteiger partial charge is 0.338 e. The second-order valence-electron chi connectivity index (χ2n) is 7.51. The lowest BCUT2D eigenvalue weighted by atomic mass is 10.1. The van der Waals surface area contributed by atoms with Crippen molar-refractivity contribution >= 4 is 17.8 Å². The molecule has 0 saturated carbocycles. The molecule has 2 aromatic carbocycles. The topological polar surface area (TPSA) is 72.9 Å². The van der Waals surface area contributed by atoms with Crippen LogP contribution in [0.2, 0.25) is 0 Å². The van der Waals surface area contributed by atoms with Crippen LogP contribution in [0, 0.1) is 12.8 Å². The Morgan fingerprint density at radius 3 is 2.48 bits per heavy atom. The van der Waals surface area contributed by atoms with Gasteiger partial charge in [0.15, 0.2) is 0 Å². The van der Waals surface area contributed by atoms with Crippen LogP contribution >= 0.6 is 0 Å². The monoisotopic (exact) mass is 395 g/mol. The zero-order valence-corrected chi connectivity index (χ0v) is 16.9. The third-order valence-electron chi connectivity index (χ3n) is 4.71. The molecule has 6 nitrogen and oxygen atoms in total. The van der Waals surface area contributed by atoms with Crippen molar-refractivity contribution in [2.24, 2.45) is 5.92 Å². The Kier molecular flexibility index (Phi) is 6.32. The Morgan fingerprint density at radius 2 is 1.76 bits per heavy atom. The molecule has 1 heterocycles. The summed E-state index contributed by atoms with van der Waals surface area (Å²) in [5, 5.41) is 0. The summed E-state index contributed by atoms with van der Waals surface area (Å²) < 4.78 is 10.8. The van der Waals surface area contributed by atoms with Crippen LogP contribution in [0.15, 0.2) is 42.5 Å². The Morgan fingerprint density at radius 1 is 1.00 bits per heavy atom. The maximum absolute atomic E-state index is 12.6. The SMILES string of the molecule is Cc1cccc(OCCOC(=O)c2ccc3c(c2)C(=O)N(CCC(C)C)C3=O)c1. The van der Waals surface area contributed by atoms with Gasteiger partial charge in [-0.25, -0.2) is 4.79 Å². The predicted octanol–water partition coefficient (Wildman–Crippen LogP) is 3.87. The molecule has 0 atom stereocenters. The van der Waals surface area contributed by atoms with Gasteiger partial charge in [0, 0.05) is 6.54 Å². The first-order valence-corrected chi connectivity index (χ1v) is 9.73. The van der Waals surface area contributed by atoms with Gasteiger partial charge in [-0.2, -0.15) is 0 Å². The van der Waals surface area contributed by atoms with Crippen molar-refractivity contribution < 1.29 is 23.9 Å². The van der Waals surface area contributed by atoms with E-state index in [0.29, 0.717) is 23.8 Å². The van der Waals surface area contributed by atoms with E-state index in [0.717, 1.165) is 12.0 Å². The van der Waals surface area contributed by atoms with E-state index in [1.54, 1.807) is 0 Å². The number of hydrogen-bond donors (Lipinski definition) is 0. The van der Waals surface area contributed by atoms with E-state index in [4.69, 9.17) is 9.47 Å². The van der Waals surface area contributed by atoms with E-state index in [2.05, 4.69) is 0 Å². The summed E-state index contributed by atoms with van der Waals surface area (Å²) in [4.78, 5) is 38.6. The molecule has 29 heavy (non-hydrogen) atoms. The van der Waals surface area contributed by atoms with Crippen LogP contribution in [0.25, 0.3) is 0 Å². The minimum atomic E-state index is -0.554. The van der Waals surface area contributed by atoms with Crippen LogP contribution in [0.5, 0.6) is 5.75 Å². The first-order chi connectivity index (χ1) is 13.9. The molecule has 1 aliphatic rings. The lowest BCUT2D eigenvalue weighted by Gasteiger charge is -2.14. The number of imide groups is 1. The van der Waals surface area contributed by atoms with Crippen molar-refractivity contribution in [1.29, 1.82) is 0 Å². The fourth-order valence-corrected chi connectivity index (χ4v) is 3.09. The highest BCUT2D eigenvalue weighted by molar-refractivity contribution is 6.21. The van der Waals surface area contributed by atoms with Crippen LogP contribution in [0.1, 0.15) is 56.9 Å². The highest BCUT2D eigenvalue weighted by Gasteiger charge is 2.35. The van der Waals surface area contributed by atoms with Crippen molar-refractivity contribution in [3.05, 3.63) is 64.7 Å². The number of amides is 2. The number of benzene rings is 2. The maximum Gasteiger partial charge on any atom is 0.338 e. The Hall–Kier alpha value is -3.15. The van der Waals surface area contributed by atoms with Gasteiger partial charge in [-0.1, -0.05) is 26.0 Å². The normalized spacial score (nSPS) is 13.0. The van der Waals surface area contributed by atoms with E-state index < -0.39 is 5.97 Å². The molecular formula is C23H25NO5. The predicted molar refractivity (Wildman–Crippen MR) is 108 cm³/mol. The maximum atomic E-state index is 12.6. The van der Waals surface area contributed by atoms with E-state index in [1.807, 2.05) is 45.0 Å². The minimum absolute atomic E-state index is 0.0806. The summed E-state index contributed by atoms with van der Waals surface area (Å²) in [5.41, 5.74) is 1.91. The molecule has 0 fully saturated rings. The van der Waals surface area contributed by atoms with Crippen LogP contribution in [-0.4, -0.2) is 42.4 Å². The molecule has 0 spiro atoms. The van der Waals surface area contributed by atoms with E-state index >= 15 is 0 Å². The number of nitrogens with zero attached hydrogens (tertiary/aromatic N) is 1. The molecule has 0 saturated heterocycles. The third-order valence-corrected chi connectivity index (χ3v) is 4.71. The largest absolute Gasteiger partial charge is 0.490 e. The number of carbonyl (C=O) groups is 3. The molecule has 3 rings (SSSR count). The zero-order chi connectivity index (χ0) is 21.0. The first-order valence-electron chi connectivity index (χ1n) is 9.73. The summed E-state index contributed by atoms with van der Waals surface area (Å²) in [6, 6.07) is 12.1. The number of ether oxygens (including phenoxy) is 2. The van der Waals surface area contributed by atoms with Crippen LogP contribution in [0.3, 0.4) is 0 Å². The molecule has 152 valence electrons. The Labute approximate surface area is 170 Å². The van der Waals surface area contributed by atoms with Gasteiger partial charge in [0.2, 0.25) is 0 Å². The molecule has 1 aliphatic heterocycles. The number of carbonyl (C=O) groups excluding carboxylic acids is 3. The van der Waals surface area contributed by atoms with Gasteiger partial charge in [-0.15, -0.1) is 0 Å². The summed E-state index contributed by atoms with van der Waals surface area (Å²) in [7, 11) is 0. The molecule has 2 amide bonds. The van der Waals surface area contributed by atoms with E-state index in [-0.39, 0.29) is 36.2 Å². The zero-order valence-electron chi connectivity index (χ0n) is 16.9. The number of aryl methyl sites for hydroxylation is 1. The van der Waals surface area contributed by atoms with Crippen molar-refractivity contribution in [2.75, 3.05) is 19.8 Å². The molecule has 0 unspecified atom stereocenters. The van der Waals surface area contributed by atoms with Gasteiger partial charge < -0.3 is 9.47 Å². The molecule has 0 bridgehead atoms. The molecule has 0 radical (unpaired) electrons.